The molecule has 0 atom stereocenters. The molecule has 0 saturated heterocycles. The lowest BCUT2D eigenvalue weighted by Crippen LogP contribution is -2.21. The molecule has 1 amide bonds. The van der Waals surface area contributed by atoms with Crippen LogP contribution in [0.1, 0.15) is 5.56 Å². The number of rotatable bonds is 1. The Balaban J connectivity index is 2.49. The lowest BCUT2D eigenvalue weighted by molar-refractivity contribution is -0.122. The van der Waals surface area contributed by atoms with Gasteiger partial charge in [-0.2, -0.15) is 0 Å². The summed E-state index contributed by atoms with van der Waals surface area (Å²) >= 11 is 3.03. The summed E-state index contributed by atoms with van der Waals surface area (Å²) in [6, 6.07) is 4.33. The smallest absolute Gasteiger partial charge is 0.258 e. The molecule has 0 aliphatic carbocycles. The molecule has 1 aromatic rings. The fraction of sp³-hybridized carbons (Fsp3) is 0.182. The Morgan fingerprint density at radius 1 is 1.50 bits per heavy atom. The number of nitrogens with zero attached hydrogens (tertiary/aromatic N) is 1. The third-order valence-electron chi connectivity index (χ3n) is 2.44. The van der Waals surface area contributed by atoms with Crippen LogP contribution in [0.4, 0.5) is 4.39 Å². The summed E-state index contributed by atoms with van der Waals surface area (Å²) in [6.45, 7) is 0.172. The summed E-state index contributed by atoms with van der Waals surface area (Å²) in [5.74, 6) is -0.770. The van der Waals surface area contributed by atoms with Crippen molar-refractivity contribution in [3.8, 4) is 0 Å². The van der Waals surface area contributed by atoms with E-state index in [9.17, 15) is 14.3 Å². The number of benzene rings is 1. The number of aliphatic hydroxyl groups is 1. The van der Waals surface area contributed by atoms with E-state index in [0.717, 1.165) is 0 Å². The van der Waals surface area contributed by atoms with Crippen molar-refractivity contribution in [2.75, 3.05) is 13.6 Å². The van der Waals surface area contributed by atoms with E-state index in [1.165, 1.54) is 17.0 Å². The summed E-state index contributed by atoms with van der Waals surface area (Å²) in [4.78, 5) is 13.1. The molecule has 0 aromatic heterocycles. The molecule has 1 heterocycles. The van der Waals surface area contributed by atoms with Crippen molar-refractivity contribution < 1.29 is 14.3 Å². The van der Waals surface area contributed by atoms with Crippen LogP contribution in [0.15, 0.2) is 28.4 Å². The maximum Gasteiger partial charge on any atom is 0.258 e. The molecule has 0 spiro atoms. The predicted molar refractivity (Wildman–Crippen MR) is 61.3 cm³/mol. The molecule has 16 heavy (non-hydrogen) atoms. The van der Waals surface area contributed by atoms with Gasteiger partial charge in [-0.3, -0.25) is 4.79 Å². The summed E-state index contributed by atoms with van der Waals surface area (Å²) < 4.78 is 13.6. The Hall–Kier alpha value is -1.36. The van der Waals surface area contributed by atoms with Gasteiger partial charge in [0.25, 0.3) is 5.91 Å². The van der Waals surface area contributed by atoms with Gasteiger partial charge in [0.2, 0.25) is 0 Å². The highest BCUT2D eigenvalue weighted by Gasteiger charge is 2.28. The van der Waals surface area contributed by atoms with Crippen LogP contribution in [0.5, 0.6) is 0 Å². The number of aliphatic hydroxyl groups excluding tert-OH is 1. The molecule has 0 saturated carbocycles. The third kappa shape index (κ3) is 1.71. The highest BCUT2D eigenvalue weighted by molar-refractivity contribution is 9.10. The standard InChI is InChI=1S/C11H9BrFNO2/c1-14-5-9(15)10(11(14)16)6-2-3-7(12)8(13)4-6/h2-4,15H,5H2,1H3. The first-order valence-electron chi connectivity index (χ1n) is 4.63. The minimum absolute atomic E-state index is 0.0192. The average molecular weight is 286 g/mol. The van der Waals surface area contributed by atoms with Gasteiger partial charge >= 0.3 is 0 Å². The second kappa shape index (κ2) is 3.90. The highest BCUT2D eigenvalue weighted by Crippen LogP contribution is 2.28. The number of halogens is 2. The van der Waals surface area contributed by atoms with E-state index in [1.807, 2.05) is 0 Å². The normalized spacial score (nSPS) is 16.2. The number of hydrogen-bond acceptors (Lipinski definition) is 2. The van der Waals surface area contributed by atoms with Crippen LogP contribution < -0.4 is 0 Å². The van der Waals surface area contributed by atoms with Gasteiger partial charge in [0.15, 0.2) is 0 Å². The van der Waals surface area contributed by atoms with Gasteiger partial charge < -0.3 is 10.0 Å². The van der Waals surface area contributed by atoms with Crippen molar-refractivity contribution in [2.45, 2.75) is 0 Å². The number of carbonyl (C=O) groups excluding carboxylic acids is 1. The van der Waals surface area contributed by atoms with E-state index in [2.05, 4.69) is 15.9 Å². The molecule has 2 rings (SSSR count). The van der Waals surface area contributed by atoms with Crippen molar-refractivity contribution in [3.63, 3.8) is 0 Å². The molecule has 0 radical (unpaired) electrons. The fourth-order valence-electron chi connectivity index (χ4n) is 1.63. The third-order valence-corrected chi connectivity index (χ3v) is 3.09. The molecule has 1 N–H and O–H groups in total. The Bertz CT molecular complexity index is 499. The van der Waals surface area contributed by atoms with Crippen molar-refractivity contribution in [1.82, 2.24) is 4.90 Å². The molecule has 1 aromatic carbocycles. The SMILES string of the molecule is CN1CC(O)=C(c2ccc(Br)c(F)c2)C1=O. The van der Waals surface area contributed by atoms with Gasteiger partial charge in [-0.05, 0) is 33.6 Å². The quantitative estimate of drug-likeness (QED) is 0.860. The monoisotopic (exact) mass is 285 g/mol. The van der Waals surface area contributed by atoms with Gasteiger partial charge in [0.1, 0.15) is 11.6 Å². The molecule has 1 aliphatic heterocycles. The van der Waals surface area contributed by atoms with Crippen LogP contribution in [0, 0.1) is 5.82 Å². The number of hydrogen-bond donors (Lipinski definition) is 1. The largest absolute Gasteiger partial charge is 0.510 e. The van der Waals surface area contributed by atoms with Gasteiger partial charge in [-0.15, -0.1) is 0 Å². The molecular formula is C11H9BrFNO2. The molecule has 0 fully saturated rings. The molecule has 84 valence electrons. The summed E-state index contributed by atoms with van der Waals surface area (Å²) in [6.07, 6.45) is 0. The lowest BCUT2D eigenvalue weighted by Gasteiger charge is -2.07. The topological polar surface area (TPSA) is 40.5 Å². The zero-order valence-electron chi connectivity index (χ0n) is 8.50. The Kier molecular flexibility index (Phi) is 2.71. The Morgan fingerprint density at radius 3 is 2.69 bits per heavy atom. The zero-order chi connectivity index (χ0) is 11.9. The first kappa shape index (κ1) is 11.1. The van der Waals surface area contributed by atoms with Crippen LogP contribution in [-0.2, 0) is 4.79 Å². The average Bonchev–Trinajstić information content (AvgIpc) is 2.47. The predicted octanol–water partition coefficient (Wildman–Crippen LogP) is 2.33. The maximum absolute atomic E-state index is 13.3. The second-order valence-corrected chi connectivity index (χ2v) is 4.47. The van der Waals surface area contributed by atoms with E-state index in [0.29, 0.717) is 10.0 Å². The summed E-state index contributed by atoms with van der Waals surface area (Å²) in [7, 11) is 1.58. The molecule has 1 aliphatic rings. The Morgan fingerprint density at radius 2 is 2.19 bits per heavy atom. The van der Waals surface area contributed by atoms with E-state index in [4.69, 9.17) is 0 Å². The number of likely N-dealkylation sites (N-methyl/N-ethyl adjacent to an activating group) is 1. The van der Waals surface area contributed by atoms with Crippen molar-refractivity contribution >= 4 is 27.4 Å². The Labute approximate surface area is 100 Å². The van der Waals surface area contributed by atoms with E-state index < -0.39 is 5.82 Å². The van der Waals surface area contributed by atoms with Crippen molar-refractivity contribution in [1.29, 1.82) is 0 Å². The van der Waals surface area contributed by atoms with E-state index in [-0.39, 0.29) is 23.8 Å². The van der Waals surface area contributed by atoms with E-state index >= 15 is 0 Å². The van der Waals surface area contributed by atoms with Crippen molar-refractivity contribution in [3.05, 3.63) is 39.8 Å². The summed E-state index contributed by atoms with van der Waals surface area (Å²) in [5.41, 5.74) is 0.571. The van der Waals surface area contributed by atoms with Gasteiger partial charge in [-0.25, -0.2) is 4.39 Å². The van der Waals surface area contributed by atoms with Gasteiger partial charge in [-0.1, -0.05) is 6.07 Å². The van der Waals surface area contributed by atoms with Crippen LogP contribution in [0.25, 0.3) is 5.57 Å². The first-order valence-corrected chi connectivity index (χ1v) is 5.43. The van der Waals surface area contributed by atoms with Crippen LogP contribution in [0.3, 0.4) is 0 Å². The highest BCUT2D eigenvalue weighted by atomic mass is 79.9. The minimum atomic E-state index is -0.458. The van der Waals surface area contributed by atoms with E-state index in [1.54, 1.807) is 13.1 Å². The molecule has 5 heteroatoms. The lowest BCUT2D eigenvalue weighted by atomic mass is 10.1. The maximum atomic E-state index is 13.3. The van der Waals surface area contributed by atoms with Gasteiger partial charge in [0, 0.05) is 7.05 Å². The molecular weight excluding hydrogens is 277 g/mol. The van der Waals surface area contributed by atoms with Crippen LogP contribution in [0.2, 0.25) is 0 Å². The fourth-order valence-corrected chi connectivity index (χ4v) is 1.88. The molecule has 3 nitrogen and oxygen atoms in total. The summed E-state index contributed by atoms with van der Waals surface area (Å²) in [5, 5.41) is 9.63. The molecule has 0 unspecified atom stereocenters. The molecule has 0 bridgehead atoms. The van der Waals surface area contributed by atoms with Gasteiger partial charge in [0.05, 0.1) is 16.6 Å². The number of carbonyl (C=O) groups is 1. The van der Waals surface area contributed by atoms with Crippen molar-refractivity contribution in [2.24, 2.45) is 0 Å². The minimum Gasteiger partial charge on any atom is -0.510 e. The van der Waals surface area contributed by atoms with Crippen LogP contribution in [-0.4, -0.2) is 29.5 Å². The first-order chi connectivity index (χ1) is 7.50. The van der Waals surface area contributed by atoms with Crippen LogP contribution >= 0.6 is 15.9 Å². The second-order valence-electron chi connectivity index (χ2n) is 3.61. The number of amides is 1. The zero-order valence-corrected chi connectivity index (χ0v) is 10.1.